The van der Waals surface area contributed by atoms with Crippen molar-refractivity contribution in [3.8, 4) is 0 Å². The average Bonchev–Trinajstić information content (AvgIpc) is 3.26. The van der Waals surface area contributed by atoms with Crippen LogP contribution in [0.4, 0.5) is 0 Å². The smallest absolute Gasteiger partial charge is 0.187 e. The van der Waals surface area contributed by atoms with Crippen LogP contribution in [0.2, 0.25) is 0 Å². The summed E-state index contributed by atoms with van der Waals surface area (Å²) in [6, 6.07) is 0. The van der Waals surface area contributed by atoms with Crippen LogP contribution in [0.3, 0.4) is 0 Å². The standard InChI is InChI=1S/C38H64O25/c39-7-20-23(46)26(49)29(52)36(59-20)57-18-5-12(42)4-17-13(18)6-19(32(56-17)11-1-2-14(43)15(44)3-11)58-38-34(28(51)25(48)22(9-41)61-38)63-35-31(54)33(16(45)10-55-35)62-37-30(53)27(50)24(47)21(8-40)60-37/h11-54H,1-10H2/t11?,12?,13?,14?,15?,16-,17?,18?,19?,20-,21-,22-,23-,24-,25-,26+,27+,28+,29-,30-,31-,32?,33+,34-,35+,36-,37+,38-/m1/s1. The number of hydrogen-bond acceptors (Lipinski definition) is 25. The summed E-state index contributed by atoms with van der Waals surface area (Å²) in [4.78, 5) is 0. The summed E-state index contributed by atoms with van der Waals surface area (Å²) >= 11 is 0. The Kier molecular flexibility index (Phi) is 16.7. The Bertz CT molecular complexity index is 1430. The van der Waals surface area contributed by atoms with E-state index in [4.69, 9.17) is 42.6 Å². The van der Waals surface area contributed by atoms with E-state index in [2.05, 4.69) is 0 Å². The molecule has 0 aromatic heterocycles. The van der Waals surface area contributed by atoms with Crippen LogP contribution < -0.4 is 0 Å². The summed E-state index contributed by atoms with van der Waals surface area (Å²) < 4.78 is 53.6. The van der Waals surface area contributed by atoms with E-state index in [0.717, 1.165) is 0 Å². The molecule has 28 atom stereocenters. The van der Waals surface area contributed by atoms with Gasteiger partial charge >= 0.3 is 0 Å². The van der Waals surface area contributed by atoms with Crippen molar-refractivity contribution in [3.63, 3.8) is 0 Å². The van der Waals surface area contributed by atoms with Crippen molar-refractivity contribution >= 4 is 0 Å². The SMILES string of the molecule is OC[C@H]1O[C@@H](OC2CC(O)CC3OC(C4CCC(O)C(O)C4)C(O[C@@H]4O[C@H](CO)[C@@H](O)[C@H](O)[C@H]4O[C@@H]4OC[C@@H](O)[C@H](O[C@@H]5O[C@H](CO)[C@@H](O)[C@H](O)[C@H]5O)[C@H]4O)CC32)[C@H](O)[C@@H](O)[C@@H]1O. The van der Waals surface area contributed by atoms with Crippen molar-refractivity contribution in [3.05, 3.63) is 0 Å². The van der Waals surface area contributed by atoms with E-state index < -0.39 is 198 Å². The highest BCUT2D eigenvalue weighted by molar-refractivity contribution is 5.01. The van der Waals surface area contributed by atoms with Gasteiger partial charge in [-0.15, -0.1) is 0 Å². The topological polar surface area (TPSA) is 407 Å². The number of ether oxygens (including phenoxy) is 9. The molecule has 5 aliphatic heterocycles. The van der Waals surface area contributed by atoms with Gasteiger partial charge in [0.25, 0.3) is 0 Å². The highest BCUT2D eigenvalue weighted by atomic mass is 16.8. The molecular weight excluding hydrogens is 856 g/mol. The molecule has 25 nitrogen and oxygen atoms in total. The maximum Gasteiger partial charge on any atom is 0.187 e. The molecule has 9 unspecified atom stereocenters. The summed E-state index contributed by atoms with van der Waals surface area (Å²) in [6.45, 7) is -2.91. The molecule has 25 heteroatoms. The van der Waals surface area contributed by atoms with Crippen molar-refractivity contribution in [1.82, 2.24) is 0 Å². The van der Waals surface area contributed by atoms with Gasteiger partial charge in [0, 0.05) is 12.3 Å². The Hall–Kier alpha value is -1.00. The van der Waals surface area contributed by atoms with E-state index in [1.54, 1.807) is 0 Å². The van der Waals surface area contributed by atoms with Crippen molar-refractivity contribution in [2.24, 2.45) is 11.8 Å². The first-order valence-corrected chi connectivity index (χ1v) is 21.5. The number of aliphatic hydroxyl groups excluding tert-OH is 16. The van der Waals surface area contributed by atoms with Crippen molar-refractivity contribution in [2.45, 2.75) is 198 Å². The molecule has 63 heavy (non-hydrogen) atoms. The minimum Gasteiger partial charge on any atom is -0.394 e. The molecule has 16 N–H and O–H groups in total. The minimum absolute atomic E-state index is 0.0243. The molecule has 0 aromatic carbocycles. The van der Waals surface area contributed by atoms with Gasteiger partial charge in [0.15, 0.2) is 25.2 Å². The second-order valence-electron chi connectivity index (χ2n) is 17.8. The maximum atomic E-state index is 11.5. The summed E-state index contributed by atoms with van der Waals surface area (Å²) in [5.41, 5.74) is 0. The van der Waals surface area contributed by atoms with Gasteiger partial charge < -0.3 is 124 Å². The van der Waals surface area contributed by atoms with Gasteiger partial charge in [-0.2, -0.15) is 0 Å². The second kappa shape index (κ2) is 21.1. The Morgan fingerprint density at radius 3 is 1.54 bits per heavy atom. The summed E-state index contributed by atoms with van der Waals surface area (Å²) in [5, 5.41) is 169. The molecular formula is C38H64O25. The number of rotatable bonds is 12. The van der Waals surface area contributed by atoms with Crippen LogP contribution in [0.5, 0.6) is 0 Å². The van der Waals surface area contributed by atoms with E-state index in [0.29, 0.717) is 6.42 Å². The van der Waals surface area contributed by atoms with Crippen LogP contribution in [0.25, 0.3) is 0 Å². The van der Waals surface area contributed by atoms with Gasteiger partial charge in [-0.3, -0.25) is 0 Å². The van der Waals surface area contributed by atoms with Crippen molar-refractivity contribution in [1.29, 1.82) is 0 Å². The molecule has 7 aliphatic rings. The quantitative estimate of drug-likeness (QED) is 0.0864. The molecule has 7 rings (SSSR count). The lowest BCUT2D eigenvalue weighted by Gasteiger charge is -2.53. The predicted octanol–water partition coefficient (Wildman–Crippen LogP) is -8.91. The zero-order chi connectivity index (χ0) is 45.6. The number of hydrogen-bond donors (Lipinski definition) is 16. The molecule has 5 heterocycles. The summed E-state index contributed by atoms with van der Waals surface area (Å²) in [7, 11) is 0. The first kappa shape index (κ1) is 49.9. The lowest BCUT2D eigenvalue weighted by Crippen LogP contribution is -2.66. The third-order valence-electron chi connectivity index (χ3n) is 13.6. The van der Waals surface area contributed by atoms with Crippen molar-refractivity contribution < 1.29 is 124 Å². The van der Waals surface area contributed by atoms with Crippen LogP contribution in [-0.2, 0) is 42.6 Å². The van der Waals surface area contributed by atoms with Crippen molar-refractivity contribution in [2.75, 3.05) is 26.4 Å². The largest absolute Gasteiger partial charge is 0.394 e. The molecule has 366 valence electrons. The van der Waals surface area contributed by atoms with Gasteiger partial charge in [0.1, 0.15) is 91.6 Å². The Morgan fingerprint density at radius 2 is 0.952 bits per heavy atom. The van der Waals surface area contributed by atoms with Gasteiger partial charge in [-0.1, -0.05) is 0 Å². The molecule has 0 amide bonds. The Labute approximate surface area is 360 Å². The zero-order valence-electron chi connectivity index (χ0n) is 34.1. The normalized spacial score (nSPS) is 54.7. The van der Waals surface area contributed by atoms with Crippen LogP contribution in [0.15, 0.2) is 0 Å². The highest BCUT2D eigenvalue weighted by Gasteiger charge is 2.56. The van der Waals surface area contributed by atoms with Gasteiger partial charge in [0.05, 0.1) is 69.2 Å². The molecule has 2 saturated carbocycles. The fourth-order valence-corrected chi connectivity index (χ4v) is 9.92. The average molecular weight is 921 g/mol. The fourth-order valence-electron chi connectivity index (χ4n) is 9.92. The highest BCUT2D eigenvalue weighted by Crippen LogP contribution is 2.45. The molecule has 0 spiro atoms. The van der Waals surface area contributed by atoms with Crippen LogP contribution >= 0.6 is 0 Å². The molecule has 0 aromatic rings. The Morgan fingerprint density at radius 1 is 0.413 bits per heavy atom. The number of fused-ring (bicyclic) bond motifs is 1. The fraction of sp³-hybridized carbons (Fsp3) is 1.00. The van der Waals surface area contributed by atoms with E-state index in [1.165, 1.54) is 0 Å². The monoisotopic (exact) mass is 920 g/mol. The lowest BCUT2D eigenvalue weighted by atomic mass is 9.72. The maximum absolute atomic E-state index is 11.5. The van der Waals surface area contributed by atoms with E-state index in [1.807, 2.05) is 0 Å². The first-order valence-electron chi connectivity index (χ1n) is 21.5. The lowest BCUT2D eigenvalue weighted by molar-refractivity contribution is -0.383. The van der Waals surface area contributed by atoms with Gasteiger partial charge in [0.2, 0.25) is 0 Å². The molecule has 0 bridgehead atoms. The predicted molar refractivity (Wildman–Crippen MR) is 198 cm³/mol. The van der Waals surface area contributed by atoms with Crippen LogP contribution in [0, 0.1) is 11.8 Å². The van der Waals surface area contributed by atoms with Gasteiger partial charge in [-0.05, 0) is 38.0 Å². The Balaban J connectivity index is 1.13. The summed E-state index contributed by atoms with van der Waals surface area (Å²) in [5.74, 6) is -1.14. The van der Waals surface area contributed by atoms with Gasteiger partial charge in [-0.25, -0.2) is 0 Å². The molecule has 5 saturated heterocycles. The minimum atomic E-state index is -1.96. The number of aliphatic hydroxyl groups is 16. The third kappa shape index (κ3) is 10.4. The third-order valence-corrected chi connectivity index (χ3v) is 13.6. The molecule has 7 fully saturated rings. The van der Waals surface area contributed by atoms with E-state index in [-0.39, 0.29) is 32.1 Å². The van der Waals surface area contributed by atoms with Crippen LogP contribution in [0.1, 0.15) is 38.5 Å². The van der Waals surface area contributed by atoms with Crippen LogP contribution in [-0.4, -0.2) is 268 Å². The first-order chi connectivity index (χ1) is 29.9. The molecule has 0 radical (unpaired) electrons. The summed E-state index contributed by atoms with van der Waals surface area (Å²) in [6.07, 6.45) is -38.6. The molecule has 2 aliphatic carbocycles. The second-order valence-corrected chi connectivity index (χ2v) is 17.8. The zero-order valence-corrected chi connectivity index (χ0v) is 34.1. The van der Waals surface area contributed by atoms with E-state index >= 15 is 0 Å². The van der Waals surface area contributed by atoms with E-state index in [9.17, 15) is 81.7 Å².